The van der Waals surface area contributed by atoms with Gasteiger partial charge in [-0.15, -0.1) is 0 Å². The number of halogens is 1. The summed E-state index contributed by atoms with van der Waals surface area (Å²) in [6.45, 7) is 1.72. The van der Waals surface area contributed by atoms with Gasteiger partial charge in [0.15, 0.2) is 0 Å². The molecule has 0 unspecified atom stereocenters. The highest BCUT2D eigenvalue weighted by Gasteiger charge is 2.16. The summed E-state index contributed by atoms with van der Waals surface area (Å²) in [5.41, 5.74) is 5.11. The molecule has 1 heterocycles. The molecule has 4 aromatic rings. The lowest BCUT2D eigenvalue weighted by molar-refractivity contribution is 0.0734. The molecule has 7 heteroatoms. The number of rotatable bonds is 6. The van der Waals surface area contributed by atoms with E-state index in [1.54, 1.807) is 67.6 Å². The monoisotopic (exact) mass is 457 g/mol. The van der Waals surface area contributed by atoms with Crippen molar-refractivity contribution in [1.29, 1.82) is 0 Å². The average Bonchev–Trinajstić information content (AvgIpc) is 3.38. The molecule has 0 radical (unpaired) electrons. The molecular weight excluding hydrogens is 438 g/mol. The fourth-order valence-electron chi connectivity index (χ4n) is 3.28. The maximum Gasteiger partial charge on any atom is 0.345 e. The van der Waals surface area contributed by atoms with Gasteiger partial charge in [0.2, 0.25) is 0 Å². The van der Waals surface area contributed by atoms with Crippen molar-refractivity contribution in [1.82, 2.24) is 9.99 Å². The van der Waals surface area contributed by atoms with E-state index in [4.69, 9.17) is 16.3 Å². The summed E-state index contributed by atoms with van der Waals surface area (Å²) >= 11 is 6.11. The number of hydrogen-bond donors (Lipinski definition) is 1. The smallest absolute Gasteiger partial charge is 0.345 e. The van der Waals surface area contributed by atoms with Crippen LogP contribution in [0.2, 0.25) is 5.02 Å². The molecule has 1 amide bonds. The Labute approximate surface area is 196 Å². The number of esters is 1. The van der Waals surface area contributed by atoms with E-state index in [0.717, 1.165) is 5.69 Å². The van der Waals surface area contributed by atoms with Crippen LogP contribution in [0.1, 0.15) is 33.2 Å². The van der Waals surface area contributed by atoms with Crippen molar-refractivity contribution in [2.75, 3.05) is 0 Å². The predicted molar refractivity (Wildman–Crippen MR) is 128 cm³/mol. The van der Waals surface area contributed by atoms with Gasteiger partial charge in [-0.1, -0.05) is 48.0 Å². The predicted octanol–water partition coefficient (Wildman–Crippen LogP) is 5.50. The maximum absolute atomic E-state index is 12.9. The molecule has 0 saturated heterocycles. The van der Waals surface area contributed by atoms with Gasteiger partial charge in [0, 0.05) is 18.0 Å². The zero-order valence-corrected chi connectivity index (χ0v) is 18.5. The Hall–Kier alpha value is -4.16. The number of nitrogens with one attached hydrogen (secondary N) is 1. The van der Waals surface area contributed by atoms with E-state index < -0.39 is 5.97 Å². The highest BCUT2D eigenvalue weighted by atomic mass is 35.5. The van der Waals surface area contributed by atoms with Crippen LogP contribution in [0.3, 0.4) is 0 Å². The van der Waals surface area contributed by atoms with Crippen LogP contribution >= 0.6 is 11.6 Å². The molecule has 0 aliphatic carbocycles. The number of amides is 1. The van der Waals surface area contributed by atoms with Crippen molar-refractivity contribution < 1.29 is 14.3 Å². The van der Waals surface area contributed by atoms with E-state index in [9.17, 15) is 9.59 Å². The largest absolute Gasteiger partial charge is 0.422 e. The molecule has 0 fully saturated rings. The Balaban J connectivity index is 1.54. The Bertz CT molecular complexity index is 1330. The minimum absolute atomic E-state index is 0.262. The van der Waals surface area contributed by atoms with Crippen LogP contribution < -0.4 is 10.2 Å². The van der Waals surface area contributed by atoms with Gasteiger partial charge in [0.05, 0.1) is 27.5 Å². The van der Waals surface area contributed by atoms with E-state index in [0.29, 0.717) is 27.6 Å². The highest BCUT2D eigenvalue weighted by Crippen LogP contribution is 2.23. The van der Waals surface area contributed by atoms with Crippen LogP contribution in [-0.4, -0.2) is 22.2 Å². The molecule has 0 aliphatic rings. The number of aromatic nitrogens is 1. The average molecular weight is 458 g/mol. The van der Waals surface area contributed by atoms with Crippen LogP contribution in [0.25, 0.3) is 5.69 Å². The maximum atomic E-state index is 12.9. The summed E-state index contributed by atoms with van der Waals surface area (Å²) in [5, 5.41) is 4.55. The first kappa shape index (κ1) is 22.0. The van der Waals surface area contributed by atoms with E-state index in [2.05, 4.69) is 10.5 Å². The SMILES string of the molecule is C/C(=N\NC(=O)c1ccccc1-n1cccc1)c1ccccc1OC(=O)c1ccccc1Cl. The van der Waals surface area contributed by atoms with Crippen molar-refractivity contribution in [2.24, 2.45) is 5.10 Å². The van der Waals surface area contributed by atoms with Crippen LogP contribution in [0.5, 0.6) is 5.75 Å². The molecule has 33 heavy (non-hydrogen) atoms. The normalized spacial score (nSPS) is 11.2. The lowest BCUT2D eigenvalue weighted by Gasteiger charge is -2.12. The van der Waals surface area contributed by atoms with E-state index in [1.807, 2.05) is 41.2 Å². The molecule has 6 nitrogen and oxygen atoms in total. The number of carbonyl (C=O) groups is 2. The summed E-state index contributed by atoms with van der Waals surface area (Å²) in [4.78, 5) is 25.4. The number of hydrogen-bond acceptors (Lipinski definition) is 4. The van der Waals surface area contributed by atoms with Gasteiger partial charge in [-0.25, -0.2) is 10.2 Å². The second kappa shape index (κ2) is 9.97. The first-order valence-electron chi connectivity index (χ1n) is 10.2. The van der Waals surface area contributed by atoms with Gasteiger partial charge in [-0.3, -0.25) is 4.79 Å². The number of nitrogens with zero attached hydrogens (tertiary/aromatic N) is 2. The molecule has 0 spiro atoms. The number of benzene rings is 3. The number of hydrazone groups is 1. The molecule has 4 rings (SSSR count). The van der Waals surface area contributed by atoms with Crippen molar-refractivity contribution in [2.45, 2.75) is 6.92 Å². The van der Waals surface area contributed by atoms with Gasteiger partial charge in [-0.2, -0.15) is 5.10 Å². The number of para-hydroxylation sites is 2. The molecule has 0 aliphatic heterocycles. The van der Waals surface area contributed by atoms with Crippen LogP contribution in [0, 0.1) is 0 Å². The van der Waals surface area contributed by atoms with Crippen LogP contribution in [0.15, 0.2) is 102 Å². The standard InChI is InChI=1S/C26H20ClN3O3/c1-18(28-29-25(31)21-12-3-6-14-23(21)30-16-8-9-17-30)19-10-4-7-15-24(19)33-26(32)20-11-2-5-13-22(20)27/h2-17H,1H3,(H,29,31)/b28-18+. The van der Waals surface area contributed by atoms with Gasteiger partial charge in [-0.05, 0) is 55.5 Å². The molecule has 0 saturated carbocycles. The second-order valence-corrected chi connectivity index (χ2v) is 7.52. The highest BCUT2D eigenvalue weighted by molar-refractivity contribution is 6.33. The van der Waals surface area contributed by atoms with E-state index in [1.165, 1.54) is 0 Å². The van der Waals surface area contributed by atoms with Gasteiger partial charge in [0.25, 0.3) is 5.91 Å². The molecule has 0 atom stereocenters. The first-order valence-corrected chi connectivity index (χ1v) is 10.6. The van der Waals surface area contributed by atoms with Gasteiger partial charge in [0.1, 0.15) is 5.75 Å². The zero-order valence-electron chi connectivity index (χ0n) is 17.7. The van der Waals surface area contributed by atoms with Crippen LogP contribution in [-0.2, 0) is 0 Å². The fourth-order valence-corrected chi connectivity index (χ4v) is 3.49. The minimum atomic E-state index is -0.578. The Kier molecular flexibility index (Phi) is 6.66. The molecule has 0 bridgehead atoms. The van der Waals surface area contributed by atoms with Gasteiger partial charge >= 0.3 is 5.97 Å². The van der Waals surface area contributed by atoms with Crippen molar-refractivity contribution in [3.05, 3.63) is 119 Å². The summed E-state index contributed by atoms with van der Waals surface area (Å²) in [6.07, 6.45) is 3.73. The van der Waals surface area contributed by atoms with Crippen molar-refractivity contribution in [3.8, 4) is 11.4 Å². The zero-order chi connectivity index (χ0) is 23.2. The summed E-state index contributed by atoms with van der Waals surface area (Å²) in [6, 6.07) is 24.6. The van der Waals surface area contributed by atoms with Gasteiger partial charge < -0.3 is 9.30 Å². The molecule has 1 N–H and O–H groups in total. The van der Waals surface area contributed by atoms with Crippen molar-refractivity contribution in [3.63, 3.8) is 0 Å². The van der Waals surface area contributed by atoms with Crippen molar-refractivity contribution >= 4 is 29.2 Å². The summed E-state index contributed by atoms with van der Waals surface area (Å²) in [5.74, 6) is -0.625. The van der Waals surface area contributed by atoms with E-state index >= 15 is 0 Å². The molecule has 164 valence electrons. The lowest BCUT2D eigenvalue weighted by Crippen LogP contribution is -2.21. The fraction of sp³-hybridized carbons (Fsp3) is 0.0385. The number of ether oxygens (including phenoxy) is 1. The summed E-state index contributed by atoms with van der Waals surface area (Å²) < 4.78 is 7.43. The summed E-state index contributed by atoms with van der Waals surface area (Å²) in [7, 11) is 0. The minimum Gasteiger partial charge on any atom is -0.422 e. The Morgan fingerprint density at radius 2 is 1.42 bits per heavy atom. The molecule has 1 aromatic heterocycles. The second-order valence-electron chi connectivity index (χ2n) is 7.11. The quantitative estimate of drug-likeness (QED) is 0.180. The Morgan fingerprint density at radius 3 is 2.15 bits per heavy atom. The van der Waals surface area contributed by atoms with E-state index in [-0.39, 0.29) is 11.5 Å². The third-order valence-electron chi connectivity index (χ3n) is 4.93. The third kappa shape index (κ3) is 5.02. The lowest BCUT2D eigenvalue weighted by atomic mass is 10.1. The number of carbonyl (C=O) groups excluding carboxylic acids is 2. The molecule has 3 aromatic carbocycles. The molecular formula is C26H20ClN3O3. The van der Waals surface area contributed by atoms with Crippen LogP contribution in [0.4, 0.5) is 0 Å². The third-order valence-corrected chi connectivity index (χ3v) is 5.26. The first-order chi connectivity index (χ1) is 16.0. The topological polar surface area (TPSA) is 72.7 Å². The Morgan fingerprint density at radius 1 is 0.818 bits per heavy atom.